The summed E-state index contributed by atoms with van der Waals surface area (Å²) in [6.45, 7) is 2.90. The molecule has 37 heavy (non-hydrogen) atoms. The highest BCUT2D eigenvalue weighted by Gasteiger charge is 2.15. The van der Waals surface area contributed by atoms with Crippen molar-refractivity contribution in [1.82, 2.24) is 0 Å². The van der Waals surface area contributed by atoms with Crippen LogP contribution in [0, 0.1) is 0 Å². The maximum Gasteiger partial charge on any atom is 0.261 e. The third kappa shape index (κ3) is 7.35. The molecular weight excluding hydrogens is 488 g/mol. The molecule has 8 heteroatoms. The molecule has 4 aromatic rings. The Balaban J connectivity index is 1.34. The minimum Gasteiger partial charge on any atom is -0.494 e. The van der Waals surface area contributed by atoms with Crippen molar-refractivity contribution < 1.29 is 22.7 Å². The standard InChI is InChI=1S/C29H28N2O5S/c1-2-35-26-15-11-25(12-16-26)31-37(33,34)28-17-13-24(14-18-28)30-29(32)23-9-6-10-27(21-23)36-20-19-22-7-4-3-5-8-22/h3-18,21,31H,2,19-20H2,1H3,(H,30,32). The van der Waals surface area contributed by atoms with Crippen LogP contribution in [0.3, 0.4) is 0 Å². The summed E-state index contributed by atoms with van der Waals surface area (Å²) in [7, 11) is -3.79. The average Bonchev–Trinajstić information content (AvgIpc) is 2.91. The van der Waals surface area contributed by atoms with Gasteiger partial charge in [0.2, 0.25) is 0 Å². The number of carbonyl (C=O) groups is 1. The third-order valence-corrected chi connectivity index (χ3v) is 6.84. The lowest BCUT2D eigenvalue weighted by Crippen LogP contribution is -2.14. The molecule has 190 valence electrons. The monoisotopic (exact) mass is 516 g/mol. The second kappa shape index (κ2) is 12.1. The van der Waals surface area contributed by atoms with E-state index in [4.69, 9.17) is 9.47 Å². The number of carbonyl (C=O) groups excluding carboxylic acids is 1. The second-order valence-electron chi connectivity index (χ2n) is 8.15. The van der Waals surface area contributed by atoms with Gasteiger partial charge < -0.3 is 14.8 Å². The summed E-state index contributed by atoms with van der Waals surface area (Å²) >= 11 is 0. The smallest absolute Gasteiger partial charge is 0.261 e. The molecule has 0 aromatic heterocycles. The Bertz CT molecular complexity index is 1420. The summed E-state index contributed by atoms with van der Waals surface area (Å²) < 4.78 is 39.2. The molecule has 0 radical (unpaired) electrons. The van der Waals surface area contributed by atoms with Crippen molar-refractivity contribution in [1.29, 1.82) is 0 Å². The van der Waals surface area contributed by atoms with Crippen LogP contribution in [0.25, 0.3) is 0 Å². The van der Waals surface area contributed by atoms with E-state index in [2.05, 4.69) is 10.0 Å². The van der Waals surface area contributed by atoms with Gasteiger partial charge in [-0.3, -0.25) is 9.52 Å². The molecule has 0 aliphatic heterocycles. The zero-order valence-electron chi connectivity index (χ0n) is 20.4. The van der Waals surface area contributed by atoms with Gasteiger partial charge in [0, 0.05) is 23.4 Å². The van der Waals surface area contributed by atoms with Gasteiger partial charge in [-0.2, -0.15) is 0 Å². The van der Waals surface area contributed by atoms with E-state index in [1.807, 2.05) is 37.3 Å². The van der Waals surface area contributed by atoms with Crippen molar-refractivity contribution in [2.45, 2.75) is 18.2 Å². The highest BCUT2D eigenvalue weighted by atomic mass is 32.2. The first-order chi connectivity index (χ1) is 17.9. The Hall–Kier alpha value is -4.30. The predicted molar refractivity (Wildman–Crippen MR) is 145 cm³/mol. The molecule has 4 aromatic carbocycles. The summed E-state index contributed by atoms with van der Waals surface area (Å²) in [4.78, 5) is 12.8. The van der Waals surface area contributed by atoms with Crippen LogP contribution in [0.15, 0.2) is 108 Å². The Morgan fingerprint density at radius 2 is 1.46 bits per heavy atom. The van der Waals surface area contributed by atoms with Crippen LogP contribution in [0.4, 0.5) is 11.4 Å². The van der Waals surface area contributed by atoms with Crippen LogP contribution in [0.2, 0.25) is 0 Å². The molecule has 4 rings (SSSR count). The first kappa shape index (κ1) is 25.8. The molecule has 0 spiro atoms. The van der Waals surface area contributed by atoms with Gasteiger partial charge in [0.25, 0.3) is 15.9 Å². The van der Waals surface area contributed by atoms with Gasteiger partial charge in [-0.25, -0.2) is 8.42 Å². The van der Waals surface area contributed by atoms with E-state index in [0.717, 1.165) is 6.42 Å². The Morgan fingerprint density at radius 1 is 0.757 bits per heavy atom. The Kier molecular flexibility index (Phi) is 8.43. The molecule has 0 aliphatic carbocycles. The summed E-state index contributed by atoms with van der Waals surface area (Å²) in [6, 6.07) is 29.6. The maximum atomic E-state index is 12.8. The third-order valence-electron chi connectivity index (χ3n) is 5.44. The molecule has 0 atom stereocenters. The van der Waals surface area contributed by atoms with E-state index in [1.54, 1.807) is 60.7 Å². The number of rotatable bonds is 11. The van der Waals surface area contributed by atoms with E-state index in [9.17, 15) is 13.2 Å². The summed E-state index contributed by atoms with van der Waals surface area (Å²) in [6.07, 6.45) is 0.764. The fourth-order valence-corrected chi connectivity index (χ4v) is 4.64. The number of benzene rings is 4. The minimum absolute atomic E-state index is 0.0770. The maximum absolute atomic E-state index is 12.8. The topological polar surface area (TPSA) is 93.7 Å². The number of ether oxygens (including phenoxy) is 2. The molecule has 0 unspecified atom stereocenters. The predicted octanol–water partition coefficient (Wildman–Crippen LogP) is 5.76. The first-order valence-corrected chi connectivity index (χ1v) is 13.3. The number of amides is 1. The zero-order valence-corrected chi connectivity index (χ0v) is 21.2. The van der Waals surface area contributed by atoms with Gasteiger partial charge in [0.15, 0.2) is 0 Å². The van der Waals surface area contributed by atoms with Crippen LogP contribution >= 0.6 is 0 Å². The lowest BCUT2D eigenvalue weighted by atomic mass is 10.1. The Morgan fingerprint density at radius 3 is 2.16 bits per heavy atom. The van der Waals surface area contributed by atoms with Crippen LogP contribution in [0.1, 0.15) is 22.8 Å². The van der Waals surface area contributed by atoms with Crippen molar-refractivity contribution in [2.24, 2.45) is 0 Å². The summed E-state index contributed by atoms with van der Waals surface area (Å²) in [5, 5.41) is 2.79. The van der Waals surface area contributed by atoms with Crippen molar-refractivity contribution in [3.8, 4) is 11.5 Å². The molecule has 0 saturated heterocycles. The number of anilines is 2. The fourth-order valence-electron chi connectivity index (χ4n) is 3.58. The summed E-state index contributed by atoms with van der Waals surface area (Å²) in [5.74, 6) is 0.942. The molecule has 1 amide bonds. The van der Waals surface area contributed by atoms with Crippen LogP contribution < -0.4 is 19.5 Å². The van der Waals surface area contributed by atoms with E-state index in [1.165, 1.54) is 17.7 Å². The average molecular weight is 517 g/mol. The molecule has 7 nitrogen and oxygen atoms in total. The van der Waals surface area contributed by atoms with Crippen LogP contribution in [0.5, 0.6) is 11.5 Å². The van der Waals surface area contributed by atoms with E-state index in [-0.39, 0.29) is 10.8 Å². The van der Waals surface area contributed by atoms with Crippen molar-refractivity contribution >= 4 is 27.3 Å². The fraction of sp³-hybridized carbons (Fsp3) is 0.138. The normalized spacial score (nSPS) is 10.9. The molecule has 0 saturated carbocycles. The lowest BCUT2D eigenvalue weighted by molar-refractivity contribution is 0.102. The van der Waals surface area contributed by atoms with E-state index >= 15 is 0 Å². The van der Waals surface area contributed by atoms with Gasteiger partial charge in [-0.1, -0.05) is 36.4 Å². The van der Waals surface area contributed by atoms with Gasteiger partial charge in [-0.05, 0) is 79.2 Å². The molecule has 0 heterocycles. The highest BCUT2D eigenvalue weighted by Crippen LogP contribution is 2.21. The van der Waals surface area contributed by atoms with Crippen molar-refractivity contribution in [3.63, 3.8) is 0 Å². The summed E-state index contributed by atoms with van der Waals surface area (Å²) in [5.41, 5.74) is 2.51. The molecule has 0 bridgehead atoms. The highest BCUT2D eigenvalue weighted by molar-refractivity contribution is 7.92. The number of nitrogens with one attached hydrogen (secondary N) is 2. The quantitative estimate of drug-likeness (QED) is 0.264. The first-order valence-electron chi connectivity index (χ1n) is 11.9. The largest absolute Gasteiger partial charge is 0.494 e. The van der Waals surface area contributed by atoms with Gasteiger partial charge in [0.1, 0.15) is 11.5 Å². The second-order valence-corrected chi connectivity index (χ2v) is 9.84. The number of hydrogen-bond donors (Lipinski definition) is 2. The SMILES string of the molecule is CCOc1ccc(NS(=O)(=O)c2ccc(NC(=O)c3cccc(OCCc4ccccc4)c3)cc2)cc1. The molecule has 0 aliphatic rings. The molecule has 0 fully saturated rings. The number of sulfonamides is 1. The van der Waals surface area contributed by atoms with Gasteiger partial charge >= 0.3 is 0 Å². The zero-order chi connectivity index (χ0) is 26.1. The lowest BCUT2D eigenvalue weighted by Gasteiger charge is -2.11. The Labute approximate surface area is 217 Å². The van der Waals surface area contributed by atoms with Crippen molar-refractivity contribution in [3.05, 3.63) is 114 Å². The van der Waals surface area contributed by atoms with Crippen molar-refractivity contribution in [2.75, 3.05) is 23.3 Å². The molecule has 2 N–H and O–H groups in total. The van der Waals surface area contributed by atoms with E-state index < -0.39 is 10.0 Å². The molecular formula is C29H28N2O5S. The number of hydrogen-bond acceptors (Lipinski definition) is 5. The van der Waals surface area contributed by atoms with Crippen LogP contribution in [-0.4, -0.2) is 27.5 Å². The van der Waals surface area contributed by atoms with Gasteiger partial charge in [-0.15, -0.1) is 0 Å². The van der Waals surface area contributed by atoms with E-state index in [0.29, 0.717) is 41.7 Å². The van der Waals surface area contributed by atoms with Crippen LogP contribution in [-0.2, 0) is 16.4 Å². The van der Waals surface area contributed by atoms with Gasteiger partial charge in [0.05, 0.1) is 18.1 Å². The minimum atomic E-state index is -3.79.